The first-order valence-electron chi connectivity index (χ1n) is 11.5. The summed E-state index contributed by atoms with van der Waals surface area (Å²) < 4.78 is 4.60. The van der Waals surface area contributed by atoms with Crippen LogP contribution >= 0.6 is 23.2 Å². The summed E-state index contributed by atoms with van der Waals surface area (Å²) in [5.74, 6) is -0.0229. The first-order chi connectivity index (χ1) is 17.3. The summed E-state index contributed by atoms with van der Waals surface area (Å²) in [4.78, 5) is 37.4. The highest BCUT2D eigenvalue weighted by Crippen LogP contribution is 2.25. The molecule has 1 saturated heterocycles. The number of aromatic nitrogens is 2. The summed E-state index contributed by atoms with van der Waals surface area (Å²) in [6.45, 7) is 2.03. The van der Waals surface area contributed by atoms with Crippen LogP contribution in [0, 0.1) is 0 Å². The highest BCUT2D eigenvalue weighted by Gasteiger charge is 2.26. The molecule has 2 amide bonds. The molecule has 0 atom stereocenters. The molecule has 0 radical (unpaired) electrons. The number of nitrogens with zero attached hydrogens (tertiary/aromatic N) is 4. The van der Waals surface area contributed by atoms with Gasteiger partial charge in [-0.15, -0.1) is 0 Å². The van der Waals surface area contributed by atoms with Crippen molar-refractivity contribution in [1.82, 2.24) is 19.8 Å². The molecule has 36 heavy (non-hydrogen) atoms. The van der Waals surface area contributed by atoms with Crippen LogP contribution in [0.3, 0.4) is 0 Å². The topological polar surface area (TPSA) is 87.7 Å². The van der Waals surface area contributed by atoms with Gasteiger partial charge in [-0.2, -0.15) is 0 Å². The average Bonchev–Trinajstić information content (AvgIpc) is 2.90. The maximum absolute atomic E-state index is 12.8. The number of likely N-dealkylation sites (tertiary alicyclic amines) is 1. The molecular weight excluding hydrogens is 501 g/mol. The van der Waals surface area contributed by atoms with Crippen LogP contribution < -0.4 is 5.32 Å². The number of hydrogen-bond acceptors (Lipinski definition) is 6. The van der Waals surface area contributed by atoms with Crippen molar-refractivity contribution in [2.24, 2.45) is 0 Å². The number of carbonyl (C=O) groups is 2. The van der Waals surface area contributed by atoms with Gasteiger partial charge in [0.25, 0.3) is 5.91 Å². The molecule has 188 valence electrons. The molecule has 1 aromatic heterocycles. The predicted octanol–water partition coefficient (Wildman–Crippen LogP) is 5.37. The van der Waals surface area contributed by atoms with Crippen LogP contribution in [-0.4, -0.2) is 65.1 Å². The van der Waals surface area contributed by atoms with E-state index in [1.54, 1.807) is 42.7 Å². The Hall–Kier alpha value is -3.20. The van der Waals surface area contributed by atoms with Gasteiger partial charge >= 0.3 is 6.09 Å². The third-order valence-electron chi connectivity index (χ3n) is 6.27. The smallest absolute Gasteiger partial charge is 0.411 e. The van der Waals surface area contributed by atoms with Crippen molar-refractivity contribution in [1.29, 1.82) is 0 Å². The van der Waals surface area contributed by atoms with Crippen molar-refractivity contribution in [2.75, 3.05) is 32.6 Å². The van der Waals surface area contributed by atoms with Crippen LogP contribution in [0.5, 0.6) is 0 Å². The molecule has 8 nitrogen and oxygen atoms in total. The maximum atomic E-state index is 12.8. The largest absolute Gasteiger partial charge is 0.453 e. The van der Waals surface area contributed by atoms with Gasteiger partial charge in [-0.1, -0.05) is 35.3 Å². The normalized spacial score (nSPS) is 14.1. The number of rotatable bonds is 6. The van der Waals surface area contributed by atoms with Crippen molar-refractivity contribution in [2.45, 2.75) is 25.4 Å². The molecule has 0 saturated carbocycles. The number of ether oxygens (including phenoxy) is 1. The molecule has 2 heterocycles. The van der Waals surface area contributed by atoms with Crippen molar-refractivity contribution in [3.8, 4) is 11.3 Å². The molecule has 3 aromatic rings. The van der Waals surface area contributed by atoms with Gasteiger partial charge in [-0.05, 0) is 50.2 Å². The molecule has 1 aliphatic heterocycles. The molecule has 0 bridgehead atoms. The zero-order valence-corrected chi connectivity index (χ0v) is 21.6. The van der Waals surface area contributed by atoms with Gasteiger partial charge in [0.05, 0.1) is 40.9 Å². The van der Waals surface area contributed by atoms with Gasteiger partial charge in [-0.25, -0.2) is 4.79 Å². The molecular formula is C26H27Cl2N5O3. The Morgan fingerprint density at radius 1 is 1.06 bits per heavy atom. The van der Waals surface area contributed by atoms with Gasteiger partial charge in [0, 0.05) is 42.5 Å². The first kappa shape index (κ1) is 25.9. The summed E-state index contributed by atoms with van der Waals surface area (Å²) in [6.07, 6.45) is 4.78. The Kier molecular flexibility index (Phi) is 8.40. The third-order valence-corrected chi connectivity index (χ3v) is 7.01. The molecule has 1 N–H and O–H groups in total. The van der Waals surface area contributed by atoms with Crippen LogP contribution in [0.2, 0.25) is 10.0 Å². The Bertz CT molecular complexity index is 1210. The third kappa shape index (κ3) is 6.32. The van der Waals surface area contributed by atoms with Crippen molar-refractivity contribution in [3.05, 3.63) is 76.2 Å². The predicted molar refractivity (Wildman–Crippen MR) is 140 cm³/mol. The van der Waals surface area contributed by atoms with E-state index in [2.05, 4.69) is 32.0 Å². The highest BCUT2D eigenvalue weighted by atomic mass is 35.5. The van der Waals surface area contributed by atoms with E-state index in [9.17, 15) is 9.59 Å². The number of methoxy groups -OCH3 is 1. The van der Waals surface area contributed by atoms with Crippen molar-refractivity contribution in [3.63, 3.8) is 0 Å². The summed E-state index contributed by atoms with van der Waals surface area (Å²) >= 11 is 12.0. The SMILES string of the molecule is COC(=O)Nc1ccc(-c2cnc(CN(C)C3CCN(C(=O)c4ccc(Cl)c(Cl)c4)CC3)cn2)cc1. The second-order valence-electron chi connectivity index (χ2n) is 8.65. The summed E-state index contributed by atoms with van der Waals surface area (Å²) in [5, 5.41) is 3.45. The van der Waals surface area contributed by atoms with E-state index in [1.807, 2.05) is 17.0 Å². The zero-order chi connectivity index (χ0) is 25.7. The second kappa shape index (κ2) is 11.7. The molecule has 10 heteroatoms. The van der Waals surface area contributed by atoms with Crippen molar-refractivity contribution < 1.29 is 14.3 Å². The number of anilines is 1. The van der Waals surface area contributed by atoms with Gasteiger partial charge in [-0.3, -0.25) is 25.0 Å². The number of piperidine rings is 1. The van der Waals surface area contributed by atoms with Crippen LogP contribution in [0.25, 0.3) is 11.3 Å². The Labute approximate surface area is 220 Å². The van der Waals surface area contributed by atoms with Crippen LogP contribution in [-0.2, 0) is 11.3 Å². The summed E-state index contributed by atoms with van der Waals surface area (Å²) in [7, 11) is 3.39. The molecule has 0 unspecified atom stereocenters. The fourth-order valence-corrected chi connectivity index (χ4v) is 4.48. The number of carbonyl (C=O) groups excluding carboxylic acids is 2. The minimum absolute atomic E-state index is 0.0229. The maximum Gasteiger partial charge on any atom is 0.411 e. The number of hydrogen-bond donors (Lipinski definition) is 1. The van der Waals surface area contributed by atoms with Gasteiger partial charge in [0.15, 0.2) is 0 Å². The Morgan fingerprint density at radius 3 is 2.39 bits per heavy atom. The van der Waals surface area contributed by atoms with Gasteiger partial charge in [0.1, 0.15) is 0 Å². The molecule has 0 aliphatic carbocycles. The quantitative estimate of drug-likeness (QED) is 0.463. The molecule has 1 fully saturated rings. The minimum atomic E-state index is -0.514. The fraction of sp³-hybridized carbons (Fsp3) is 0.308. The van der Waals surface area contributed by atoms with Gasteiger partial charge in [0.2, 0.25) is 0 Å². The lowest BCUT2D eigenvalue weighted by atomic mass is 10.0. The first-order valence-corrected chi connectivity index (χ1v) is 12.3. The number of benzene rings is 2. The second-order valence-corrected chi connectivity index (χ2v) is 9.47. The Balaban J connectivity index is 1.29. The molecule has 4 rings (SSSR count). The number of amides is 2. The zero-order valence-electron chi connectivity index (χ0n) is 20.1. The van der Waals surface area contributed by atoms with Crippen LogP contribution in [0.1, 0.15) is 28.9 Å². The minimum Gasteiger partial charge on any atom is -0.453 e. The average molecular weight is 528 g/mol. The standard InChI is InChI=1S/C26H27Cl2N5O3/c1-32(21-9-11-33(12-10-21)25(34)18-5-8-22(27)23(28)13-18)16-20-14-30-24(15-29-20)17-3-6-19(7-4-17)31-26(35)36-2/h3-8,13-15,21H,9-12,16H2,1-2H3,(H,31,35). The van der Waals surface area contributed by atoms with E-state index < -0.39 is 6.09 Å². The van der Waals surface area contributed by atoms with E-state index in [4.69, 9.17) is 23.2 Å². The lowest BCUT2D eigenvalue weighted by molar-refractivity contribution is 0.0638. The van der Waals surface area contributed by atoms with E-state index in [0.717, 1.165) is 29.8 Å². The molecule has 2 aromatic carbocycles. The Morgan fingerprint density at radius 2 is 1.78 bits per heavy atom. The number of nitrogens with one attached hydrogen (secondary N) is 1. The van der Waals surface area contributed by atoms with E-state index in [0.29, 0.717) is 47.0 Å². The summed E-state index contributed by atoms with van der Waals surface area (Å²) in [5.41, 5.74) is 3.72. The van der Waals surface area contributed by atoms with E-state index in [1.165, 1.54) is 7.11 Å². The van der Waals surface area contributed by atoms with Crippen molar-refractivity contribution >= 4 is 40.9 Å². The number of halogens is 2. The highest BCUT2D eigenvalue weighted by molar-refractivity contribution is 6.42. The van der Waals surface area contributed by atoms with E-state index >= 15 is 0 Å². The fourth-order valence-electron chi connectivity index (χ4n) is 4.18. The van der Waals surface area contributed by atoms with E-state index in [-0.39, 0.29) is 5.91 Å². The molecule has 1 aliphatic rings. The monoisotopic (exact) mass is 527 g/mol. The van der Waals surface area contributed by atoms with Crippen LogP contribution in [0.15, 0.2) is 54.9 Å². The van der Waals surface area contributed by atoms with Crippen LogP contribution in [0.4, 0.5) is 10.5 Å². The van der Waals surface area contributed by atoms with Gasteiger partial charge < -0.3 is 9.64 Å². The lowest BCUT2D eigenvalue weighted by Crippen LogP contribution is -2.45. The summed E-state index contributed by atoms with van der Waals surface area (Å²) in [6, 6.07) is 12.6. The molecule has 0 spiro atoms. The lowest BCUT2D eigenvalue weighted by Gasteiger charge is -2.36.